The molecule has 176 valence electrons. The van der Waals surface area contributed by atoms with E-state index in [0.29, 0.717) is 32.8 Å². The van der Waals surface area contributed by atoms with Gasteiger partial charge in [0.05, 0.1) is 31.9 Å². The predicted octanol–water partition coefficient (Wildman–Crippen LogP) is 2.52. The summed E-state index contributed by atoms with van der Waals surface area (Å²) >= 11 is 1.74. The van der Waals surface area contributed by atoms with E-state index in [4.69, 9.17) is 14.2 Å². The molecule has 2 heterocycles. The number of nitrogens with zero attached hydrogens (tertiary/aromatic N) is 2. The minimum atomic E-state index is -0.657. The third kappa shape index (κ3) is 6.76. The molecule has 0 fully saturated rings. The van der Waals surface area contributed by atoms with Gasteiger partial charge in [-0.15, -0.1) is 11.3 Å². The number of aliphatic hydroxyl groups excluding tert-OH is 1. The number of aliphatic hydroxyl groups is 1. The lowest BCUT2D eigenvalue weighted by molar-refractivity contribution is -0.136. The first-order valence-electron chi connectivity index (χ1n) is 10.9. The number of carbonyl (C=O) groups is 1. The normalized spacial score (nSPS) is 16.8. The van der Waals surface area contributed by atoms with Crippen LogP contribution in [-0.2, 0) is 20.7 Å². The minimum Gasteiger partial charge on any atom is -0.491 e. The molecule has 1 aliphatic heterocycles. The molecule has 3 rings (SSSR count). The summed E-state index contributed by atoms with van der Waals surface area (Å²) in [6.07, 6.45) is 0.194. The lowest BCUT2D eigenvalue weighted by Gasteiger charge is -2.37. The van der Waals surface area contributed by atoms with Crippen molar-refractivity contribution < 1.29 is 24.1 Å². The number of thiophene rings is 1. The van der Waals surface area contributed by atoms with E-state index in [9.17, 15) is 9.90 Å². The van der Waals surface area contributed by atoms with Crippen LogP contribution in [0.1, 0.15) is 22.0 Å². The maximum atomic E-state index is 13.4. The van der Waals surface area contributed by atoms with E-state index in [1.54, 1.807) is 25.6 Å². The second kappa shape index (κ2) is 12.3. The Bertz CT molecular complexity index is 841. The summed E-state index contributed by atoms with van der Waals surface area (Å²) in [6, 6.07) is 9.94. The van der Waals surface area contributed by atoms with E-state index in [1.165, 1.54) is 16.0 Å². The third-order valence-electron chi connectivity index (χ3n) is 5.64. The Labute approximate surface area is 194 Å². The van der Waals surface area contributed by atoms with Gasteiger partial charge >= 0.3 is 0 Å². The van der Waals surface area contributed by atoms with Crippen LogP contribution < -0.4 is 4.74 Å². The van der Waals surface area contributed by atoms with Gasteiger partial charge in [-0.3, -0.25) is 9.69 Å². The fraction of sp³-hybridized carbons (Fsp3) is 0.542. The number of hydrogen-bond acceptors (Lipinski definition) is 7. The zero-order valence-electron chi connectivity index (χ0n) is 19.2. The highest BCUT2D eigenvalue weighted by Crippen LogP contribution is 2.34. The molecule has 0 saturated heterocycles. The Morgan fingerprint density at radius 2 is 2.03 bits per heavy atom. The molecule has 0 aliphatic carbocycles. The van der Waals surface area contributed by atoms with Gasteiger partial charge in [-0.2, -0.15) is 0 Å². The second-order valence-corrected chi connectivity index (χ2v) is 9.11. The number of benzene rings is 1. The van der Waals surface area contributed by atoms with E-state index in [0.717, 1.165) is 12.2 Å². The molecular weight excluding hydrogens is 428 g/mol. The van der Waals surface area contributed by atoms with Crippen LogP contribution in [0.4, 0.5) is 0 Å². The first-order chi connectivity index (χ1) is 15.5. The molecule has 1 amide bonds. The average molecular weight is 463 g/mol. The molecule has 1 aromatic heterocycles. The van der Waals surface area contributed by atoms with Crippen molar-refractivity contribution in [2.45, 2.75) is 25.5 Å². The largest absolute Gasteiger partial charge is 0.491 e. The molecule has 0 saturated carbocycles. The zero-order valence-corrected chi connectivity index (χ0v) is 20.0. The quantitative estimate of drug-likeness (QED) is 0.523. The number of rotatable bonds is 12. The minimum absolute atomic E-state index is 0.0278. The van der Waals surface area contributed by atoms with E-state index in [2.05, 4.69) is 11.4 Å². The van der Waals surface area contributed by atoms with Gasteiger partial charge < -0.3 is 24.2 Å². The maximum Gasteiger partial charge on any atom is 0.237 e. The Hall–Kier alpha value is -1.97. The smallest absolute Gasteiger partial charge is 0.237 e. The predicted molar refractivity (Wildman–Crippen MR) is 125 cm³/mol. The molecule has 8 heteroatoms. The molecular formula is C24H34N2O5S. The summed E-state index contributed by atoms with van der Waals surface area (Å²) in [6.45, 7) is 4.95. The fourth-order valence-corrected chi connectivity index (χ4v) is 4.89. The summed E-state index contributed by atoms with van der Waals surface area (Å²) in [5, 5.41) is 12.3. The molecule has 0 radical (unpaired) electrons. The van der Waals surface area contributed by atoms with Crippen molar-refractivity contribution in [2.24, 2.45) is 0 Å². The number of ether oxygens (including phenoxy) is 3. The zero-order chi connectivity index (χ0) is 22.9. The second-order valence-electron chi connectivity index (χ2n) is 8.11. The molecule has 32 heavy (non-hydrogen) atoms. The summed E-state index contributed by atoms with van der Waals surface area (Å²) in [7, 11) is 3.19. The number of amides is 1. The molecule has 0 unspecified atom stereocenters. The Balaban J connectivity index is 1.70. The molecule has 2 atom stereocenters. The van der Waals surface area contributed by atoms with Crippen LogP contribution in [-0.4, -0.2) is 87.1 Å². The lowest BCUT2D eigenvalue weighted by atomic mass is 10.0. The topological polar surface area (TPSA) is 71.5 Å². The van der Waals surface area contributed by atoms with Crippen LogP contribution in [0.15, 0.2) is 35.7 Å². The number of methoxy groups -OCH3 is 2. The molecule has 1 N–H and O–H groups in total. The highest BCUT2D eigenvalue weighted by molar-refractivity contribution is 7.10. The van der Waals surface area contributed by atoms with Crippen LogP contribution in [0.3, 0.4) is 0 Å². The SMILES string of the molecule is COCCN(CC(=O)N1CCc2sccc2[C@@H]1COc1ccc(C)cc1)C[C@H](O)COC. The van der Waals surface area contributed by atoms with E-state index < -0.39 is 6.10 Å². The molecule has 1 aromatic carbocycles. The van der Waals surface area contributed by atoms with Crippen LogP contribution in [0.25, 0.3) is 0 Å². The van der Waals surface area contributed by atoms with Gasteiger partial charge in [0.2, 0.25) is 5.91 Å². The third-order valence-corrected chi connectivity index (χ3v) is 6.64. The lowest BCUT2D eigenvalue weighted by Crippen LogP contribution is -2.48. The maximum absolute atomic E-state index is 13.4. The molecule has 0 bridgehead atoms. The average Bonchev–Trinajstić information content (AvgIpc) is 3.26. The number of fused-ring (bicyclic) bond motifs is 1. The first kappa shape index (κ1) is 24.7. The van der Waals surface area contributed by atoms with Crippen molar-refractivity contribution >= 4 is 17.2 Å². The van der Waals surface area contributed by atoms with Crippen molar-refractivity contribution in [1.82, 2.24) is 9.80 Å². The Morgan fingerprint density at radius 1 is 1.25 bits per heavy atom. The summed E-state index contributed by atoms with van der Waals surface area (Å²) in [5.74, 6) is 0.829. The van der Waals surface area contributed by atoms with E-state index >= 15 is 0 Å². The van der Waals surface area contributed by atoms with Crippen LogP contribution in [0.5, 0.6) is 5.75 Å². The summed E-state index contributed by atoms with van der Waals surface area (Å²) in [4.78, 5) is 18.6. The Morgan fingerprint density at radius 3 is 2.75 bits per heavy atom. The molecule has 1 aliphatic rings. The highest BCUT2D eigenvalue weighted by Gasteiger charge is 2.33. The molecule has 2 aromatic rings. The van der Waals surface area contributed by atoms with Crippen molar-refractivity contribution in [2.75, 3.05) is 60.2 Å². The van der Waals surface area contributed by atoms with Crippen molar-refractivity contribution in [3.63, 3.8) is 0 Å². The van der Waals surface area contributed by atoms with Crippen LogP contribution in [0, 0.1) is 6.92 Å². The monoisotopic (exact) mass is 462 g/mol. The van der Waals surface area contributed by atoms with Gasteiger partial charge in [-0.1, -0.05) is 17.7 Å². The molecule has 0 spiro atoms. The van der Waals surface area contributed by atoms with Gasteiger partial charge in [0.15, 0.2) is 0 Å². The summed E-state index contributed by atoms with van der Waals surface area (Å²) < 4.78 is 16.3. The van der Waals surface area contributed by atoms with Crippen molar-refractivity contribution in [1.29, 1.82) is 0 Å². The summed E-state index contributed by atoms with van der Waals surface area (Å²) in [5.41, 5.74) is 2.35. The number of carbonyl (C=O) groups excluding carboxylic acids is 1. The van der Waals surface area contributed by atoms with E-state index in [-0.39, 0.29) is 25.1 Å². The standard InChI is InChI=1S/C24H34N2O5S/c1-18-4-6-20(7-5-18)31-17-22-21-9-13-32-23(21)8-10-26(22)24(28)15-25(11-12-29-2)14-19(27)16-30-3/h4-7,9,13,19,22,27H,8,10-12,14-17H2,1-3H3/t19-,22-/m0/s1. The first-order valence-corrected chi connectivity index (χ1v) is 11.8. The highest BCUT2D eigenvalue weighted by atomic mass is 32.1. The van der Waals surface area contributed by atoms with Crippen LogP contribution in [0.2, 0.25) is 0 Å². The van der Waals surface area contributed by atoms with Crippen LogP contribution >= 0.6 is 11.3 Å². The Kier molecular flexibility index (Phi) is 9.50. The van der Waals surface area contributed by atoms with Gasteiger partial charge in [-0.05, 0) is 42.5 Å². The van der Waals surface area contributed by atoms with Gasteiger partial charge in [0, 0.05) is 38.7 Å². The van der Waals surface area contributed by atoms with Gasteiger partial charge in [0.1, 0.15) is 12.4 Å². The van der Waals surface area contributed by atoms with E-state index in [1.807, 2.05) is 41.0 Å². The van der Waals surface area contributed by atoms with Crippen molar-refractivity contribution in [3.05, 3.63) is 51.7 Å². The fourth-order valence-electron chi connectivity index (χ4n) is 3.96. The number of hydrogen-bond donors (Lipinski definition) is 1. The van der Waals surface area contributed by atoms with Gasteiger partial charge in [0.25, 0.3) is 0 Å². The molecule has 7 nitrogen and oxygen atoms in total. The van der Waals surface area contributed by atoms with Gasteiger partial charge in [-0.25, -0.2) is 0 Å². The number of aryl methyl sites for hydroxylation is 1. The van der Waals surface area contributed by atoms with Crippen molar-refractivity contribution in [3.8, 4) is 5.75 Å².